The van der Waals surface area contributed by atoms with Gasteiger partial charge in [-0.2, -0.15) is 0 Å². The zero-order valence-corrected chi connectivity index (χ0v) is 9.26. The molecule has 1 aliphatic heterocycles. The SMILES string of the molecule is C[Si](C)(C)C1OC12C=CCCC2. The molecule has 0 bridgehead atoms. The maximum atomic E-state index is 5.88. The lowest BCUT2D eigenvalue weighted by molar-refractivity contribution is 0.320. The van der Waals surface area contributed by atoms with Crippen molar-refractivity contribution in [3.63, 3.8) is 0 Å². The molecule has 1 saturated heterocycles. The maximum absolute atomic E-state index is 5.88. The van der Waals surface area contributed by atoms with Crippen LogP contribution in [-0.2, 0) is 4.74 Å². The summed E-state index contributed by atoms with van der Waals surface area (Å²) in [5.41, 5.74) is 0.810. The molecule has 0 aromatic rings. The summed E-state index contributed by atoms with van der Waals surface area (Å²) in [4.78, 5) is 0. The first-order valence-electron chi connectivity index (χ1n) is 4.90. The molecule has 1 heterocycles. The van der Waals surface area contributed by atoms with E-state index in [1.807, 2.05) is 0 Å². The molecule has 2 atom stereocenters. The van der Waals surface area contributed by atoms with Gasteiger partial charge in [-0.3, -0.25) is 0 Å². The lowest BCUT2D eigenvalue weighted by atomic mass is 9.97. The minimum Gasteiger partial charge on any atom is -0.365 e. The zero-order chi connectivity index (χ0) is 8.82. The van der Waals surface area contributed by atoms with Gasteiger partial charge in [0.2, 0.25) is 0 Å². The zero-order valence-electron chi connectivity index (χ0n) is 8.26. The Morgan fingerprint density at radius 3 is 2.58 bits per heavy atom. The Hall–Kier alpha value is -0.0831. The Bertz CT molecular complexity index is 216. The van der Waals surface area contributed by atoms with Gasteiger partial charge in [-0.05, 0) is 19.3 Å². The minimum absolute atomic E-state index is 0.211. The summed E-state index contributed by atoms with van der Waals surface area (Å²) in [6.45, 7) is 7.19. The van der Waals surface area contributed by atoms with Crippen LogP contribution in [-0.4, -0.2) is 19.4 Å². The second-order valence-corrected chi connectivity index (χ2v) is 10.4. The molecule has 1 spiro atoms. The van der Waals surface area contributed by atoms with Crippen LogP contribution in [0.3, 0.4) is 0 Å². The van der Waals surface area contributed by atoms with E-state index in [0.717, 1.165) is 0 Å². The molecule has 0 aromatic carbocycles. The van der Waals surface area contributed by atoms with Crippen molar-refractivity contribution in [1.29, 1.82) is 0 Å². The fourth-order valence-corrected chi connectivity index (χ4v) is 4.55. The highest BCUT2D eigenvalue weighted by Gasteiger charge is 2.59. The minimum atomic E-state index is -1.06. The fraction of sp³-hybridized carbons (Fsp3) is 0.800. The normalized spacial score (nSPS) is 40.4. The lowest BCUT2D eigenvalue weighted by Gasteiger charge is -2.17. The lowest BCUT2D eigenvalue weighted by Crippen LogP contribution is -2.34. The molecular formula is C10H18OSi. The molecule has 0 saturated carbocycles. The number of hydrogen-bond acceptors (Lipinski definition) is 1. The molecule has 68 valence electrons. The van der Waals surface area contributed by atoms with Crippen molar-refractivity contribution in [2.24, 2.45) is 0 Å². The number of epoxide rings is 1. The molecule has 2 aliphatic rings. The van der Waals surface area contributed by atoms with E-state index in [1.165, 1.54) is 19.3 Å². The number of hydrogen-bond donors (Lipinski definition) is 0. The van der Waals surface area contributed by atoms with Crippen molar-refractivity contribution in [2.45, 2.75) is 50.2 Å². The largest absolute Gasteiger partial charge is 0.365 e. The third-order valence-electron chi connectivity index (χ3n) is 2.85. The van der Waals surface area contributed by atoms with Gasteiger partial charge in [-0.15, -0.1) is 0 Å². The van der Waals surface area contributed by atoms with Crippen molar-refractivity contribution in [1.82, 2.24) is 0 Å². The fourth-order valence-electron chi connectivity index (χ4n) is 2.27. The Labute approximate surface area is 75.8 Å². The maximum Gasteiger partial charge on any atom is 0.109 e. The molecule has 0 amide bonds. The highest BCUT2D eigenvalue weighted by molar-refractivity contribution is 6.78. The van der Waals surface area contributed by atoms with Crippen LogP contribution in [0.2, 0.25) is 19.6 Å². The van der Waals surface area contributed by atoms with Gasteiger partial charge in [0.15, 0.2) is 0 Å². The van der Waals surface area contributed by atoms with E-state index in [9.17, 15) is 0 Å². The highest BCUT2D eigenvalue weighted by atomic mass is 28.3. The molecule has 0 aromatic heterocycles. The third-order valence-corrected chi connectivity index (χ3v) is 5.03. The van der Waals surface area contributed by atoms with E-state index < -0.39 is 8.07 Å². The molecule has 1 fully saturated rings. The van der Waals surface area contributed by atoms with Crippen LogP contribution in [0, 0.1) is 0 Å². The quantitative estimate of drug-likeness (QED) is 0.345. The van der Waals surface area contributed by atoms with E-state index in [0.29, 0.717) is 5.73 Å². The smallest absolute Gasteiger partial charge is 0.109 e. The first kappa shape index (κ1) is 8.51. The summed E-state index contributed by atoms with van der Waals surface area (Å²) >= 11 is 0. The predicted octanol–water partition coefficient (Wildman–Crippen LogP) is 2.74. The Morgan fingerprint density at radius 2 is 2.17 bits per heavy atom. The van der Waals surface area contributed by atoms with Crippen LogP contribution >= 0.6 is 0 Å². The van der Waals surface area contributed by atoms with Crippen LogP contribution in [0.1, 0.15) is 19.3 Å². The summed E-state index contributed by atoms with van der Waals surface area (Å²) in [5, 5.41) is 0. The summed E-state index contributed by atoms with van der Waals surface area (Å²) in [7, 11) is -1.06. The van der Waals surface area contributed by atoms with Crippen molar-refractivity contribution in [3.8, 4) is 0 Å². The molecule has 2 heteroatoms. The first-order valence-corrected chi connectivity index (χ1v) is 8.48. The molecule has 2 unspecified atom stereocenters. The van der Waals surface area contributed by atoms with Crippen molar-refractivity contribution < 1.29 is 4.74 Å². The van der Waals surface area contributed by atoms with Crippen LogP contribution in [0.25, 0.3) is 0 Å². The summed E-state index contributed by atoms with van der Waals surface area (Å²) in [6, 6.07) is 0. The first-order chi connectivity index (χ1) is 5.55. The van der Waals surface area contributed by atoms with E-state index in [4.69, 9.17) is 4.74 Å². The van der Waals surface area contributed by atoms with Crippen LogP contribution in [0.15, 0.2) is 12.2 Å². The summed E-state index contributed by atoms with van der Waals surface area (Å²) in [5.74, 6) is 0. The number of allylic oxidation sites excluding steroid dienone is 1. The van der Waals surface area contributed by atoms with E-state index in [2.05, 4.69) is 31.8 Å². The van der Waals surface area contributed by atoms with Crippen molar-refractivity contribution in [2.75, 3.05) is 0 Å². The van der Waals surface area contributed by atoms with Gasteiger partial charge in [0.25, 0.3) is 0 Å². The van der Waals surface area contributed by atoms with Gasteiger partial charge in [0, 0.05) is 0 Å². The molecule has 0 N–H and O–H groups in total. The molecular weight excluding hydrogens is 164 g/mol. The van der Waals surface area contributed by atoms with Gasteiger partial charge in [-0.25, -0.2) is 0 Å². The monoisotopic (exact) mass is 182 g/mol. The average Bonchev–Trinajstić information content (AvgIpc) is 2.65. The van der Waals surface area contributed by atoms with Crippen molar-refractivity contribution >= 4 is 8.07 Å². The van der Waals surface area contributed by atoms with E-state index >= 15 is 0 Å². The molecule has 12 heavy (non-hydrogen) atoms. The second-order valence-electron chi connectivity index (χ2n) is 5.11. The predicted molar refractivity (Wildman–Crippen MR) is 53.9 cm³/mol. The Balaban J connectivity index is 2.09. The molecule has 1 aliphatic carbocycles. The molecule has 0 radical (unpaired) electrons. The van der Waals surface area contributed by atoms with Crippen LogP contribution < -0.4 is 0 Å². The standard InChI is InChI=1S/C10H18OSi/c1-12(2,3)9-10(11-9)7-5-4-6-8-10/h5,7,9H,4,6,8H2,1-3H3. The van der Waals surface area contributed by atoms with E-state index in [1.54, 1.807) is 0 Å². The van der Waals surface area contributed by atoms with Crippen molar-refractivity contribution in [3.05, 3.63) is 12.2 Å². The highest BCUT2D eigenvalue weighted by Crippen LogP contribution is 2.48. The van der Waals surface area contributed by atoms with Crippen LogP contribution in [0.4, 0.5) is 0 Å². The van der Waals surface area contributed by atoms with Crippen LogP contribution in [0.5, 0.6) is 0 Å². The van der Waals surface area contributed by atoms with Gasteiger partial charge in [0.1, 0.15) is 5.60 Å². The average molecular weight is 182 g/mol. The van der Waals surface area contributed by atoms with Gasteiger partial charge in [0.05, 0.1) is 13.8 Å². The summed E-state index contributed by atoms with van der Waals surface area (Å²) < 4.78 is 5.88. The Kier molecular flexibility index (Phi) is 1.74. The Morgan fingerprint density at radius 1 is 1.42 bits per heavy atom. The third kappa shape index (κ3) is 1.27. The number of ether oxygens (including phenoxy) is 1. The van der Waals surface area contributed by atoms with Gasteiger partial charge < -0.3 is 4.74 Å². The topological polar surface area (TPSA) is 12.5 Å². The second kappa shape index (κ2) is 2.45. The van der Waals surface area contributed by atoms with E-state index in [-0.39, 0.29) is 5.60 Å². The summed E-state index contributed by atoms with van der Waals surface area (Å²) in [6.07, 6.45) is 8.45. The van der Waals surface area contributed by atoms with Gasteiger partial charge in [-0.1, -0.05) is 31.8 Å². The number of rotatable bonds is 1. The molecule has 1 nitrogen and oxygen atoms in total. The molecule has 2 rings (SSSR count). The van der Waals surface area contributed by atoms with Gasteiger partial charge >= 0.3 is 0 Å².